The van der Waals surface area contributed by atoms with Crippen molar-refractivity contribution in [1.82, 2.24) is 0 Å². The molecule has 0 unspecified atom stereocenters. The largest absolute Gasteiger partial charge is 0.299 e. The van der Waals surface area contributed by atoms with E-state index in [0.717, 1.165) is 25.0 Å². The second-order valence-corrected chi connectivity index (χ2v) is 3.87. The van der Waals surface area contributed by atoms with E-state index in [2.05, 4.69) is 0 Å². The van der Waals surface area contributed by atoms with Gasteiger partial charge in [-0.25, -0.2) is 8.78 Å². The summed E-state index contributed by atoms with van der Waals surface area (Å²) in [5, 5.41) is 0. The van der Waals surface area contributed by atoms with Crippen molar-refractivity contribution in [2.75, 3.05) is 0 Å². The van der Waals surface area contributed by atoms with Crippen LogP contribution in [0.4, 0.5) is 8.78 Å². The number of rotatable bonds is 6. The van der Waals surface area contributed by atoms with Crippen molar-refractivity contribution in [3.8, 4) is 0 Å². The highest BCUT2D eigenvalue weighted by Gasteiger charge is 2.13. The Hall–Kier alpha value is -1.58. The topological polar surface area (TPSA) is 34.1 Å². The van der Waals surface area contributed by atoms with Crippen molar-refractivity contribution >= 4 is 11.6 Å². The lowest BCUT2D eigenvalue weighted by atomic mass is 10.0. The number of hydrogen-bond donors (Lipinski definition) is 0. The Morgan fingerprint density at radius 1 is 1.18 bits per heavy atom. The Balaban J connectivity index is 2.63. The molecule has 0 atom stereocenters. The van der Waals surface area contributed by atoms with Gasteiger partial charge >= 0.3 is 0 Å². The third-order valence-corrected chi connectivity index (χ3v) is 2.41. The first-order valence-electron chi connectivity index (χ1n) is 5.54. The summed E-state index contributed by atoms with van der Waals surface area (Å²) in [6.07, 6.45) is 1.73. The van der Waals surface area contributed by atoms with Gasteiger partial charge in [0.05, 0.1) is 6.42 Å². The van der Waals surface area contributed by atoms with Gasteiger partial charge in [-0.05, 0) is 24.6 Å². The highest BCUT2D eigenvalue weighted by molar-refractivity contribution is 6.07. The van der Waals surface area contributed by atoms with Gasteiger partial charge in [0.25, 0.3) is 0 Å². The average Bonchev–Trinajstić information content (AvgIpc) is 2.30. The van der Waals surface area contributed by atoms with Crippen molar-refractivity contribution < 1.29 is 18.4 Å². The fourth-order valence-corrected chi connectivity index (χ4v) is 1.41. The molecule has 0 aromatic heterocycles. The molecule has 4 heteroatoms. The molecule has 0 saturated carbocycles. The minimum absolute atomic E-state index is 0.0359. The predicted octanol–water partition coefficient (Wildman–Crippen LogP) is 3.30. The molecular weight excluding hydrogens is 226 g/mol. The molecule has 0 heterocycles. The van der Waals surface area contributed by atoms with Crippen molar-refractivity contribution in [2.45, 2.75) is 32.6 Å². The Kier molecular flexibility index (Phi) is 4.94. The molecule has 0 N–H and O–H groups in total. The molecule has 0 spiro atoms. The number of hydrogen-bond acceptors (Lipinski definition) is 2. The van der Waals surface area contributed by atoms with Crippen LogP contribution in [0.3, 0.4) is 0 Å². The Labute approximate surface area is 98.6 Å². The molecule has 0 fully saturated rings. The maximum Gasteiger partial charge on any atom is 0.170 e. The maximum absolute atomic E-state index is 12.9. The molecule has 0 aliphatic carbocycles. The third kappa shape index (κ3) is 4.06. The van der Waals surface area contributed by atoms with Crippen molar-refractivity contribution in [1.29, 1.82) is 0 Å². The molecule has 0 aliphatic heterocycles. The van der Waals surface area contributed by atoms with Crippen molar-refractivity contribution in [3.63, 3.8) is 0 Å². The van der Waals surface area contributed by atoms with Crippen molar-refractivity contribution in [3.05, 3.63) is 35.4 Å². The maximum atomic E-state index is 12.9. The van der Waals surface area contributed by atoms with Crippen LogP contribution in [0.2, 0.25) is 0 Å². The summed E-state index contributed by atoms with van der Waals surface area (Å²) in [5.41, 5.74) is 0.0359. The molecular formula is C13H14F2O2. The normalized spacial score (nSPS) is 10.3. The number of unbranched alkanes of at least 4 members (excludes halogenated alkanes) is 1. The predicted molar refractivity (Wildman–Crippen MR) is 59.8 cm³/mol. The van der Waals surface area contributed by atoms with Gasteiger partial charge in [-0.3, -0.25) is 9.59 Å². The van der Waals surface area contributed by atoms with Crippen molar-refractivity contribution in [2.24, 2.45) is 0 Å². The Morgan fingerprint density at radius 3 is 2.47 bits per heavy atom. The lowest BCUT2D eigenvalue weighted by Crippen LogP contribution is -2.08. The monoisotopic (exact) mass is 240 g/mol. The van der Waals surface area contributed by atoms with Crippen LogP contribution in [0, 0.1) is 11.6 Å². The summed E-state index contributed by atoms with van der Waals surface area (Å²) in [7, 11) is 0. The Bertz CT molecular complexity index is 427. The molecule has 1 rings (SSSR count). The number of Topliss-reactive ketones (excluding diaryl/α,β-unsaturated/α-hetero) is 2. The highest BCUT2D eigenvalue weighted by Crippen LogP contribution is 2.11. The first kappa shape index (κ1) is 13.5. The average molecular weight is 240 g/mol. The van der Waals surface area contributed by atoms with Crippen LogP contribution in [-0.4, -0.2) is 11.6 Å². The fraction of sp³-hybridized carbons (Fsp3) is 0.385. The van der Waals surface area contributed by atoms with Gasteiger partial charge in [0.15, 0.2) is 17.4 Å². The summed E-state index contributed by atoms with van der Waals surface area (Å²) in [5.74, 6) is -2.71. The van der Waals surface area contributed by atoms with Crippen LogP contribution >= 0.6 is 0 Å². The first-order valence-corrected chi connectivity index (χ1v) is 5.54. The van der Waals surface area contributed by atoms with E-state index in [1.165, 1.54) is 6.07 Å². The fourth-order valence-electron chi connectivity index (χ4n) is 1.41. The zero-order valence-electron chi connectivity index (χ0n) is 9.63. The van der Waals surface area contributed by atoms with Gasteiger partial charge < -0.3 is 0 Å². The van der Waals surface area contributed by atoms with Crippen LogP contribution in [0.15, 0.2) is 18.2 Å². The summed E-state index contributed by atoms with van der Waals surface area (Å²) in [4.78, 5) is 22.9. The van der Waals surface area contributed by atoms with Crippen LogP contribution in [-0.2, 0) is 4.79 Å². The van der Waals surface area contributed by atoms with Gasteiger partial charge in [0.1, 0.15) is 5.78 Å². The quantitative estimate of drug-likeness (QED) is 0.564. The van der Waals surface area contributed by atoms with E-state index >= 15 is 0 Å². The van der Waals surface area contributed by atoms with Gasteiger partial charge in [0, 0.05) is 12.0 Å². The van der Waals surface area contributed by atoms with Crippen LogP contribution in [0.1, 0.15) is 43.0 Å². The third-order valence-electron chi connectivity index (χ3n) is 2.41. The molecule has 0 amide bonds. The summed E-state index contributed by atoms with van der Waals surface area (Å²) in [6, 6.07) is 2.90. The van der Waals surface area contributed by atoms with E-state index in [9.17, 15) is 18.4 Å². The number of carbonyl (C=O) groups is 2. The minimum atomic E-state index is -1.07. The molecule has 0 saturated heterocycles. The number of carbonyl (C=O) groups excluding carboxylic acids is 2. The van der Waals surface area contributed by atoms with Crippen LogP contribution in [0.5, 0.6) is 0 Å². The van der Waals surface area contributed by atoms with E-state index < -0.39 is 17.4 Å². The zero-order valence-corrected chi connectivity index (χ0v) is 9.63. The minimum Gasteiger partial charge on any atom is -0.299 e. The number of halogens is 2. The van der Waals surface area contributed by atoms with E-state index in [1.54, 1.807) is 0 Å². The summed E-state index contributed by atoms with van der Waals surface area (Å²) < 4.78 is 25.5. The summed E-state index contributed by atoms with van der Waals surface area (Å²) in [6.45, 7) is 1.95. The molecule has 0 radical (unpaired) electrons. The second-order valence-electron chi connectivity index (χ2n) is 3.87. The molecule has 92 valence electrons. The summed E-state index contributed by atoms with van der Waals surface area (Å²) >= 11 is 0. The van der Waals surface area contributed by atoms with Crippen LogP contribution < -0.4 is 0 Å². The van der Waals surface area contributed by atoms with E-state index in [4.69, 9.17) is 0 Å². The van der Waals surface area contributed by atoms with E-state index in [1.807, 2.05) is 6.92 Å². The molecule has 17 heavy (non-hydrogen) atoms. The standard InChI is InChI=1S/C13H14F2O2/c1-2-3-4-10(16)8-13(17)9-5-6-11(14)12(15)7-9/h5-7H,2-4,8H2,1H3. The lowest BCUT2D eigenvalue weighted by Gasteiger charge is -2.01. The zero-order chi connectivity index (χ0) is 12.8. The van der Waals surface area contributed by atoms with E-state index in [0.29, 0.717) is 6.42 Å². The molecule has 0 aliphatic rings. The lowest BCUT2D eigenvalue weighted by molar-refractivity contribution is -0.118. The smallest absolute Gasteiger partial charge is 0.170 e. The second kappa shape index (κ2) is 6.23. The highest BCUT2D eigenvalue weighted by atomic mass is 19.2. The van der Waals surface area contributed by atoms with Gasteiger partial charge in [-0.1, -0.05) is 13.3 Å². The number of benzene rings is 1. The SMILES string of the molecule is CCCCC(=O)CC(=O)c1ccc(F)c(F)c1. The molecule has 0 bridgehead atoms. The van der Waals surface area contributed by atoms with E-state index in [-0.39, 0.29) is 17.8 Å². The van der Waals surface area contributed by atoms with Crippen LogP contribution in [0.25, 0.3) is 0 Å². The first-order chi connectivity index (χ1) is 8.04. The molecule has 1 aromatic carbocycles. The molecule has 2 nitrogen and oxygen atoms in total. The van der Waals surface area contributed by atoms with Gasteiger partial charge in [0.2, 0.25) is 0 Å². The number of ketones is 2. The van der Waals surface area contributed by atoms with Gasteiger partial charge in [-0.15, -0.1) is 0 Å². The van der Waals surface area contributed by atoms with Gasteiger partial charge in [-0.2, -0.15) is 0 Å². The molecule has 1 aromatic rings. The Morgan fingerprint density at radius 2 is 1.88 bits per heavy atom.